The van der Waals surface area contributed by atoms with Crippen molar-refractivity contribution in [3.8, 4) is 0 Å². The molecule has 1 aliphatic heterocycles. The maximum atomic E-state index is 5.68. The van der Waals surface area contributed by atoms with Gasteiger partial charge in [-0.2, -0.15) is 0 Å². The van der Waals surface area contributed by atoms with Crippen LogP contribution in [0.25, 0.3) is 0 Å². The molecule has 9 heavy (non-hydrogen) atoms. The fraction of sp³-hybridized carbons (Fsp3) is 1.00. The summed E-state index contributed by atoms with van der Waals surface area (Å²) in [7, 11) is 0. The molecule has 0 aromatic carbocycles. The van der Waals surface area contributed by atoms with Crippen LogP contribution in [0.4, 0.5) is 0 Å². The molecule has 1 nitrogen and oxygen atoms in total. The Morgan fingerprint density at radius 1 is 1.56 bits per heavy atom. The first-order valence-electron chi connectivity index (χ1n) is 2.96. The highest BCUT2D eigenvalue weighted by Gasteiger charge is 2.41. The van der Waals surface area contributed by atoms with Crippen LogP contribution < -0.4 is 0 Å². The number of ether oxygens (including phenoxy) is 1. The Kier molecular flexibility index (Phi) is 2.25. The van der Waals surface area contributed by atoms with Gasteiger partial charge < -0.3 is 4.74 Å². The highest BCUT2D eigenvalue weighted by molar-refractivity contribution is 6.21. The van der Waals surface area contributed by atoms with Gasteiger partial charge in [-0.05, 0) is 0 Å². The van der Waals surface area contributed by atoms with E-state index in [0.29, 0.717) is 17.9 Å². The lowest BCUT2D eigenvalue weighted by Gasteiger charge is -2.20. The molecule has 1 heterocycles. The van der Waals surface area contributed by atoms with Gasteiger partial charge in [-0.3, -0.25) is 0 Å². The van der Waals surface area contributed by atoms with Gasteiger partial charge in [-0.15, -0.1) is 23.2 Å². The fourth-order valence-electron chi connectivity index (χ4n) is 0.658. The summed E-state index contributed by atoms with van der Waals surface area (Å²) in [4.78, 5) is 0. The molecule has 0 saturated carbocycles. The van der Waals surface area contributed by atoms with Crippen LogP contribution in [0.2, 0.25) is 0 Å². The van der Waals surface area contributed by atoms with Crippen LogP contribution in [-0.2, 0) is 4.74 Å². The zero-order chi connectivity index (χ0) is 6.91. The first-order chi connectivity index (χ1) is 4.23. The fourth-order valence-corrected chi connectivity index (χ4v) is 1.29. The Bertz CT molecular complexity index is 97.2. The van der Waals surface area contributed by atoms with Crippen LogP contribution in [0.3, 0.4) is 0 Å². The Hall–Kier alpha value is 0.540. The third-order valence-corrected chi connectivity index (χ3v) is 2.94. The molecule has 0 spiro atoms. The van der Waals surface area contributed by atoms with Crippen molar-refractivity contribution < 1.29 is 4.74 Å². The van der Waals surface area contributed by atoms with Gasteiger partial charge in [0, 0.05) is 17.2 Å². The number of halogens is 2. The van der Waals surface area contributed by atoms with Crippen molar-refractivity contribution in [2.24, 2.45) is 5.41 Å². The van der Waals surface area contributed by atoms with Gasteiger partial charge in [0.1, 0.15) is 0 Å². The summed E-state index contributed by atoms with van der Waals surface area (Å²) in [5, 5.41) is 0. The molecule has 0 aromatic heterocycles. The molecule has 1 unspecified atom stereocenters. The molecule has 0 radical (unpaired) electrons. The van der Waals surface area contributed by atoms with E-state index in [1.165, 1.54) is 0 Å². The normalized spacial score (nSPS) is 26.3. The van der Waals surface area contributed by atoms with E-state index in [4.69, 9.17) is 27.9 Å². The molecule has 0 N–H and O–H groups in total. The van der Waals surface area contributed by atoms with Crippen molar-refractivity contribution >= 4 is 23.2 Å². The minimum absolute atomic E-state index is 0.00309. The molecule has 54 valence electrons. The van der Waals surface area contributed by atoms with Gasteiger partial charge in [0.25, 0.3) is 0 Å². The van der Waals surface area contributed by atoms with Gasteiger partial charge in [-0.1, -0.05) is 6.92 Å². The van der Waals surface area contributed by atoms with Crippen molar-refractivity contribution in [2.45, 2.75) is 13.0 Å². The second kappa shape index (κ2) is 2.65. The van der Waals surface area contributed by atoms with E-state index in [2.05, 4.69) is 0 Å². The van der Waals surface area contributed by atoms with Crippen molar-refractivity contribution in [3.05, 3.63) is 0 Å². The second-order valence-electron chi connectivity index (χ2n) is 2.74. The molecule has 0 amide bonds. The Morgan fingerprint density at radius 2 is 2.00 bits per heavy atom. The van der Waals surface area contributed by atoms with Gasteiger partial charge in [0.2, 0.25) is 0 Å². The molecule has 3 heteroatoms. The average Bonchev–Trinajstić information content (AvgIpc) is 2.68. The molecule has 0 aromatic rings. The molecular formula is C6H10Cl2O. The molecule has 1 aliphatic rings. The van der Waals surface area contributed by atoms with Crippen molar-refractivity contribution in [1.29, 1.82) is 0 Å². The van der Waals surface area contributed by atoms with Gasteiger partial charge >= 0.3 is 0 Å². The quantitative estimate of drug-likeness (QED) is 0.464. The van der Waals surface area contributed by atoms with E-state index in [1.807, 2.05) is 6.92 Å². The maximum absolute atomic E-state index is 5.68. The number of rotatable bonds is 3. The summed E-state index contributed by atoms with van der Waals surface area (Å²) < 4.78 is 5.09. The van der Waals surface area contributed by atoms with Gasteiger partial charge in [-0.25, -0.2) is 0 Å². The third kappa shape index (κ3) is 1.51. The monoisotopic (exact) mass is 168 g/mol. The van der Waals surface area contributed by atoms with Crippen LogP contribution >= 0.6 is 23.2 Å². The van der Waals surface area contributed by atoms with Crippen molar-refractivity contribution in [1.82, 2.24) is 0 Å². The molecule has 0 aliphatic carbocycles. The summed E-state index contributed by atoms with van der Waals surface area (Å²) in [6.07, 6.45) is 0.312. The van der Waals surface area contributed by atoms with Gasteiger partial charge in [0.15, 0.2) is 0 Å². The lowest BCUT2D eigenvalue weighted by molar-refractivity contribution is 0.273. The van der Waals surface area contributed by atoms with E-state index >= 15 is 0 Å². The number of epoxide rings is 1. The van der Waals surface area contributed by atoms with E-state index < -0.39 is 0 Å². The third-order valence-electron chi connectivity index (χ3n) is 1.72. The van der Waals surface area contributed by atoms with Crippen LogP contribution in [0.1, 0.15) is 6.92 Å². The lowest BCUT2D eigenvalue weighted by Crippen LogP contribution is -2.27. The molecule has 1 rings (SSSR count). The topological polar surface area (TPSA) is 12.5 Å². The van der Waals surface area contributed by atoms with Crippen LogP contribution in [0, 0.1) is 5.41 Å². The summed E-state index contributed by atoms with van der Waals surface area (Å²) in [6, 6.07) is 0. The first-order valence-corrected chi connectivity index (χ1v) is 4.03. The standard InChI is InChI=1S/C6H10Cl2O/c1-6(3-7,4-8)5-2-9-5/h5H,2-4H2,1H3. The van der Waals surface area contributed by atoms with Gasteiger partial charge in [0.05, 0.1) is 12.7 Å². The van der Waals surface area contributed by atoms with Crippen LogP contribution in [0.15, 0.2) is 0 Å². The average molecular weight is 169 g/mol. The highest BCUT2D eigenvalue weighted by atomic mass is 35.5. The zero-order valence-electron chi connectivity index (χ0n) is 5.36. The van der Waals surface area contributed by atoms with E-state index in [9.17, 15) is 0 Å². The SMILES string of the molecule is CC(CCl)(CCl)C1CO1. The van der Waals surface area contributed by atoms with E-state index in [0.717, 1.165) is 6.61 Å². The lowest BCUT2D eigenvalue weighted by atomic mass is 9.92. The van der Waals surface area contributed by atoms with E-state index in [1.54, 1.807) is 0 Å². The summed E-state index contributed by atoms with van der Waals surface area (Å²) >= 11 is 11.4. The largest absolute Gasteiger partial charge is 0.372 e. The van der Waals surface area contributed by atoms with Crippen molar-refractivity contribution in [2.75, 3.05) is 18.4 Å². The summed E-state index contributed by atoms with van der Waals surface area (Å²) in [5.41, 5.74) is 0.00309. The number of hydrogen-bond acceptors (Lipinski definition) is 1. The molecule has 1 saturated heterocycles. The Balaban J connectivity index is 2.43. The Morgan fingerprint density at radius 3 is 2.11 bits per heavy atom. The second-order valence-corrected chi connectivity index (χ2v) is 3.28. The predicted molar refractivity (Wildman–Crippen MR) is 39.3 cm³/mol. The van der Waals surface area contributed by atoms with Crippen LogP contribution in [0.5, 0.6) is 0 Å². The molecule has 1 atom stereocenters. The summed E-state index contributed by atoms with van der Waals surface area (Å²) in [5.74, 6) is 1.17. The number of alkyl halides is 2. The summed E-state index contributed by atoms with van der Waals surface area (Å²) in [6.45, 7) is 2.88. The minimum atomic E-state index is 0.00309. The number of hydrogen-bond donors (Lipinski definition) is 0. The minimum Gasteiger partial charge on any atom is -0.372 e. The van der Waals surface area contributed by atoms with Crippen molar-refractivity contribution in [3.63, 3.8) is 0 Å². The first kappa shape index (κ1) is 7.64. The predicted octanol–water partition coefficient (Wildman–Crippen LogP) is 1.87. The van der Waals surface area contributed by atoms with Crippen LogP contribution in [-0.4, -0.2) is 24.5 Å². The highest BCUT2D eigenvalue weighted by Crippen LogP contribution is 2.34. The molecule has 0 bridgehead atoms. The Labute approximate surface area is 65.3 Å². The van der Waals surface area contributed by atoms with E-state index in [-0.39, 0.29) is 5.41 Å². The smallest absolute Gasteiger partial charge is 0.0886 e. The molecule has 1 fully saturated rings. The maximum Gasteiger partial charge on any atom is 0.0886 e. The zero-order valence-corrected chi connectivity index (χ0v) is 6.87. The molecular weight excluding hydrogens is 159 g/mol.